The molecule has 0 aliphatic heterocycles. The highest BCUT2D eigenvalue weighted by Crippen LogP contribution is 2.27. The molecule has 1 unspecified atom stereocenters. The largest absolute Gasteiger partial charge is 0.314 e. The standard InChI is InChI=1S/C18H35N/c1-3-5-6-8-13-16-18(19-4-2)17-14-11-9-7-10-12-15-17/h3,17-19H,1,4-16H2,2H3. The van der Waals surface area contributed by atoms with Crippen LogP contribution in [0, 0.1) is 5.92 Å². The van der Waals surface area contributed by atoms with Crippen LogP contribution in [-0.2, 0) is 0 Å². The molecule has 19 heavy (non-hydrogen) atoms. The Balaban J connectivity index is 2.29. The molecule has 0 spiro atoms. The first-order chi connectivity index (χ1) is 9.38. The molecule has 0 saturated heterocycles. The molecule has 1 saturated carbocycles. The number of unbranched alkanes of at least 4 members (excludes halogenated alkanes) is 3. The van der Waals surface area contributed by atoms with Crippen molar-refractivity contribution in [3.05, 3.63) is 12.7 Å². The fraction of sp³-hybridized carbons (Fsp3) is 0.889. The maximum Gasteiger partial charge on any atom is 0.00952 e. The van der Waals surface area contributed by atoms with E-state index in [0.29, 0.717) is 0 Å². The van der Waals surface area contributed by atoms with Crippen LogP contribution in [0.1, 0.15) is 84.0 Å². The van der Waals surface area contributed by atoms with Crippen molar-refractivity contribution in [2.75, 3.05) is 6.54 Å². The van der Waals surface area contributed by atoms with E-state index in [1.807, 2.05) is 0 Å². The van der Waals surface area contributed by atoms with Gasteiger partial charge in [-0.05, 0) is 44.6 Å². The molecule has 1 aliphatic carbocycles. The summed E-state index contributed by atoms with van der Waals surface area (Å²) >= 11 is 0. The minimum absolute atomic E-state index is 0.784. The highest BCUT2D eigenvalue weighted by molar-refractivity contribution is 4.78. The van der Waals surface area contributed by atoms with Crippen molar-refractivity contribution >= 4 is 0 Å². The van der Waals surface area contributed by atoms with E-state index in [4.69, 9.17) is 0 Å². The number of allylic oxidation sites excluding steroid dienone is 1. The lowest BCUT2D eigenvalue weighted by atomic mass is 9.83. The molecule has 1 N–H and O–H groups in total. The zero-order valence-corrected chi connectivity index (χ0v) is 13.1. The Bertz CT molecular complexity index is 204. The molecular weight excluding hydrogens is 230 g/mol. The number of nitrogens with one attached hydrogen (secondary N) is 1. The van der Waals surface area contributed by atoms with Gasteiger partial charge < -0.3 is 5.32 Å². The third-order valence-corrected chi connectivity index (χ3v) is 4.61. The predicted molar refractivity (Wildman–Crippen MR) is 86.6 cm³/mol. The van der Waals surface area contributed by atoms with Crippen LogP contribution in [0.2, 0.25) is 0 Å². The first-order valence-corrected chi connectivity index (χ1v) is 8.72. The number of hydrogen-bond acceptors (Lipinski definition) is 1. The van der Waals surface area contributed by atoms with E-state index in [0.717, 1.165) is 18.5 Å². The van der Waals surface area contributed by atoms with Crippen molar-refractivity contribution in [1.82, 2.24) is 5.32 Å². The highest BCUT2D eigenvalue weighted by atomic mass is 14.9. The lowest BCUT2D eigenvalue weighted by Crippen LogP contribution is -2.36. The van der Waals surface area contributed by atoms with Crippen LogP contribution in [0.15, 0.2) is 12.7 Å². The first-order valence-electron chi connectivity index (χ1n) is 8.72. The molecule has 0 amide bonds. The Labute approximate surface area is 121 Å². The van der Waals surface area contributed by atoms with Crippen LogP contribution in [-0.4, -0.2) is 12.6 Å². The summed E-state index contributed by atoms with van der Waals surface area (Å²) in [7, 11) is 0. The van der Waals surface area contributed by atoms with E-state index in [-0.39, 0.29) is 0 Å². The Morgan fingerprint density at radius 2 is 1.74 bits per heavy atom. The van der Waals surface area contributed by atoms with Gasteiger partial charge in [-0.15, -0.1) is 6.58 Å². The summed E-state index contributed by atoms with van der Waals surface area (Å²) in [5, 5.41) is 3.77. The second kappa shape index (κ2) is 11.5. The topological polar surface area (TPSA) is 12.0 Å². The monoisotopic (exact) mass is 265 g/mol. The maximum absolute atomic E-state index is 3.80. The molecule has 0 radical (unpaired) electrons. The number of hydrogen-bond donors (Lipinski definition) is 1. The minimum atomic E-state index is 0.784. The van der Waals surface area contributed by atoms with E-state index in [2.05, 4.69) is 24.9 Å². The van der Waals surface area contributed by atoms with Gasteiger partial charge in [0.15, 0.2) is 0 Å². The van der Waals surface area contributed by atoms with Crippen LogP contribution in [0.4, 0.5) is 0 Å². The molecule has 1 aliphatic rings. The van der Waals surface area contributed by atoms with Crippen LogP contribution in [0.5, 0.6) is 0 Å². The van der Waals surface area contributed by atoms with Gasteiger partial charge in [-0.1, -0.05) is 57.9 Å². The van der Waals surface area contributed by atoms with Crippen molar-refractivity contribution in [2.24, 2.45) is 5.92 Å². The van der Waals surface area contributed by atoms with Crippen LogP contribution in [0.25, 0.3) is 0 Å². The molecule has 0 bridgehead atoms. The van der Waals surface area contributed by atoms with E-state index in [9.17, 15) is 0 Å². The second-order valence-electron chi connectivity index (χ2n) is 6.20. The van der Waals surface area contributed by atoms with Gasteiger partial charge in [0.25, 0.3) is 0 Å². The van der Waals surface area contributed by atoms with E-state index >= 15 is 0 Å². The predicted octanol–water partition coefficient (Wildman–Crippen LogP) is 5.46. The van der Waals surface area contributed by atoms with Gasteiger partial charge in [0.05, 0.1) is 0 Å². The lowest BCUT2D eigenvalue weighted by molar-refractivity contribution is 0.271. The fourth-order valence-corrected chi connectivity index (χ4v) is 3.49. The number of rotatable bonds is 9. The van der Waals surface area contributed by atoms with Gasteiger partial charge in [0.1, 0.15) is 0 Å². The van der Waals surface area contributed by atoms with Gasteiger partial charge in [-0.3, -0.25) is 0 Å². The molecular formula is C18H35N. The van der Waals surface area contributed by atoms with Gasteiger partial charge in [-0.25, -0.2) is 0 Å². The average Bonchev–Trinajstić information content (AvgIpc) is 2.37. The summed E-state index contributed by atoms with van der Waals surface area (Å²) < 4.78 is 0. The molecule has 1 rings (SSSR count). The van der Waals surface area contributed by atoms with Gasteiger partial charge >= 0.3 is 0 Å². The first kappa shape index (κ1) is 16.8. The highest BCUT2D eigenvalue weighted by Gasteiger charge is 2.20. The molecule has 0 aromatic rings. The molecule has 112 valence electrons. The summed E-state index contributed by atoms with van der Waals surface area (Å²) in [4.78, 5) is 0. The lowest BCUT2D eigenvalue weighted by Gasteiger charge is -2.29. The Morgan fingerprint density at radius 3 is 2.37 bits per heavy atom. The zero-order valence-electron chi connectivity index (χ0n) is 13.1. The smallest absolute Gasteiger partial charge is 0.00952 e. The summed E-state index contributed by atoms with van der Waals surface area (Å²) in [6, 6.07) is 0.784. The maximum atomic E-state index is 3.80. The van der Waals surface area contributed by atoms with Crippen molar-refractivity contribution in [3.63, 3.8) is 0 Å². The third kappa shape index (κ3) is 7.77. The van der Waals surface area contributed by atoms with Crippen molar-refractivity contribution < 1.29 is 0 Å². The van der Waals surface area contributed by atoms with Crippen LogP contribution < -0.4 is 5.32 Å². The molecule has 1 heteroatoms. The molecule has 1 nitrogen and oxygen atoms in total. The summed E-state index contributed by atoms with van der Waals surface area (Å²) in [5.74, 6) is 0.944. The Hall–Kier alpha value is -0.300. The third-order valence-electron chi connectivity index (χ3n) is 4.61. The molecule has 1 fully saturated rings. The van der Waals surface area contributed by atoms with Crippen molar-refractivity contribution in [3.8, 4) is 0 Å². The fourth-order valence-electron chi connectivity index (χ4n) is 3.49. The Kier molecular flexibility index (Phi) is 10.2. The van der Waals surface area contributed by atoms with Crippen LogP contribution >= 0.6 is 0 Å². The van der Waals surface area contributed by atoms with E-state index in [1.165, 1.54) is 77.0 Å². The normalized spacial score (nSPS) is 19.6. The van der Waals surface area contributed by atoms with Gasteiger partial charge in [0.2, 0.25) is 0 Å². The van der Waals surface area contributed by atoms with E-state index in [1.54, 1.807) is 0 Å². The van der Waals surface area contributed by atoms with Crippen molar-refractivity contribution in [1.29, 1.82) is 0 Å². The molecule has 0 heterocycles. The minimum Gasteiger partial charge on any atom is -0.314 e. The Morgan fingerprint density at radius 1 is 1.05 bits per heavy atom. The van der Waals surface area contributed by atoms with E-state index < -0.39 is 0 Å². The summed E-state index contributed by atoms with van der Waals surface area (Å²) in [6.45, 7) is 7.19. The zero-order chi connectivity index (χ0) is 13.8. The quantitative estimate of drug-likeness (QED) is 0.431. The van der Waals surface area contributed by atoms with Gasteiger partial charge in [-0.2, -0.15) is 0 Å². The molecule has 0 aromatic carbocycles. The van der Waals surface area contributed by atoms with Crippen molar-refractivity contribution in [2.45, 2.75) is 90.0 Å². The van der Waals surface area contributed by atoms with Gasteiger partial charge in [0, 0.05) is 6.04 Å². The van der Waals surface area contributed by atoms with Crippen LogP contribution in [0.3, 0.4) is 0 Å². The SMILES string of the molecule is C=CCCCCCC(NCC)C1CCCCCCC1. The summed E-state index contributed by atoms with van der Waals surface area (Å²) in [6.07, 6.45) is 19.0. The molecule has 0 aromatic heterocycles. The summed E-state index contributed by atoms with van der Waals surface area (Å²) in [5.41, 5.74) is 0. The molecule has 1 atom stereocenters. The average molecular weight is 265 g/mol. The second-order valence-corrected chi connectivity index (χ2v) is 6.20.